The maximum atomic E-state index is 12.9. The van der Waals surface area contributed by atoms with E-state index in [9.17, 15) is 4.79 Å². The third-order valence-electron chi connectivity index (χ3n) is 5.07. The van der Waals surface area contributed by atoms with Crippen LogP contribution in [0.1, 0.15) is 61.4 Å². The molecule has 0 aromatic carbocycles. The highest BCUT2D eigenvalue weighted by Crippen LogP contribution is 2.18. The normalized spacial score (nSPS) is 17.5. The van der Waals surface area contributed by atoms with Crippen LogP contribution in [0.15, 0.2) is 10.7 Å². The van der Waals surface area contributed by atoms with E-state index in [1.165, 1.54) is 0 Å². The molecule has 3 rings (SSSR count). The van der Waals surface area contributed by atoms with Crippen LogP contribution in [0.25, 0.3) is 0 Å². The monoisotopic (exact) mass is 389 g/mol. The Morgan fingerprint density at radius 3 is 2.96 bits per heavy atom. The topological polar surface area (TPSA) is 86.3 Å². The first-order chi connectivity index (χ1) is 13.5. The Hall–Kier alpha value is -2.22. The molecule has 2 aromatic rings. The van der Waals surface area contributed by atoms with Crippen molar-refractivity contribution in [2.24, 2.45) is 5.92 Å². The molecule has 0 N–H and O–H groups in total. The van der Waals surface area contributed by atoms with Gasteiger partial charge in [0.05, 0.1) is 24.5 Å². The lowest BCUT2D eigenvalue weighted by molar-refractivity contribution is 0.00248. The molecule has 1 atom stereocenters. The number of carbonyl (C=O) groups is 1. The Labute approximate surface area is 166 Å². The molecule has 0 bridgehead atoms. The van der Waals surface area contributed by atoms with Crippen molar-refractivity contribution in [1.82, 2.24) is 24.8 Å². The van der Waals surface area contributed by atoms with Crippen molar-refractivity contribution in [3.05, 3.63) is 29.2 Å². The number of aryl methyl sites for hydroxylation is 1. The zero-order chi connectivity index (χ0) is 20.1. The van der Waals surface area contributed by atoms with E-state index in [0.717, 1.165) is 38.0 Å². The van der Waals surface area contributed by atoms with Gasteiger partial charge in [0.2, 0.25) is 5.89 Å². The maximum Gasteiger partial charge on any atom is 0.257 e. The Morgan fingerprint density at radius 1 is 1.43 bits per heavy atom. The lowest BCUT2D eigenvalue weighted by Gasteiger charge is -2.32. The third kappa shape index (κ3) is 4.98. The van der Waals surface area contributed by atoms with E-state index >= 15 is 0 Å². The van der Waals surface area contributed by atoms with Crippen molar-refractivity contribution in [3.8, 4) is 0 Å². The first-order valence-corrected chi connectivity index (χ1v) is 10.2. The molecule has 1 fully saturated rings. The molecular weight excluding hydrogens is 358 g/mol. The van der Waals surface area contributed by atoms with Gasteiger partial charge in [0, 0.05) is 38.2 Å². The molecule has 1 aliphatic heterocycles. The fraction of sp³-hybridized carbons (Fsp3) is 0.700. The highest BCUT2D eigenvalue weighted by atomic mass is 16.5. The fourth-order valence-corrected chi connectivity index (χ4v) is 3.55. The average Bonchev–Trinajstić information content (AvgIpc) is 3.27. The van der Waals surface area contributed by atoms with Gasteiger partial charge < -0.3 is 14.2 Å². The SMILES string of the molecule is CCn1ncc(C(=O)N2CCCC(OCCc3noc(CC(C)C)n3)C2)c1C. The molecule has 154 valence electrons. The van der Waals surface area contributed by atoms with Crippen molar-refractivity contribution >= 4 is 5.91 Å². The Bertz CT molecular complexity index is 783. The molecule has 3 heterocycles. The summed E-state index contributed by atoms with van der Waals surface area (Å²) in [5, 5.41) is 8.30. The van der Waals surface area contributed by atoms with Crippen molar-refractivity contribution in [2.75, 3.05) is 19.7 Å². The first-order valence-electron chi connectivity index (χ1n) is 10.2. The number of amides is 1. The molecule has 0 saturated carbocycles. The largest absolute Gasteiger partial charge is 0.376 e. The summed E-state index contributed by atoms with van der Waals surface area (Å²) < 4.78 is 13.1. The highest BCUT2D eigenvalue weighted by molar-refractivity contribution is 5.95. The van der Waals surface area contributed by atoms with Crippen LogP contribution in [0.2, 0.25) is 0 Å². The predicted molar refractivity (Wildman–Crippen MR) is 104 cm³/mol. The summed E-state index contributed by atoms with van der Waals surface area (Å²) in [7, 11) is 0. The van der Waals surface area contributed by atoms with Gasteiger partial charge in [-0.3, -0.25) is 9.48 Å². The van der Waals surface area contributed by atoms with Crippen LogP contribution in [0, 0.1) is 12.8 Å². The number of piperidine rings is 1. The van der Waals surface area contributed by atoms with Gasteiger partial charge in [-0.15, -0.1) is 0 Å². The number of ether oxygens (including phenoxy) is 1. The van der Waals surface area contributed by atoms with Crippen LogP contribution < -0.4 is 0 Å². The number of hydrogen-bond donors (Lipinski definition) is 0. The molecule has 1 amide bonds. The zero-order valence-electron chi connectivity index (χ0n) is 17.3. The second-order valence-corrected chi connectivity index (χ2v) is 7.80. The molecule has 0 spiro atoms. The van der Waals surface area contributed by atoms with Crippen LogP contribution in [0.3, 0.4) is 0 Å². The summed E-state index contributed by atoms with van der Waals surface area (Å²) in [5.74, 6) is 1.90. The van der Waals surface area contributed by atoms with Crippen molar-refractivity contribution < 1.29 is 14.1 Å². The molecule has 1 aliphatic rings. The standard InChI is InChI=1S/C20H31N5O3/c1-5-25-15(4)17(12-21-25)20(26)24-9-6-7-16(13-24)27-10-8-18-22-19(28-23-18)11-14(2)3/h12,14,16H,5-11,13H2,1-4H3. The van der Waals surface area contributed by atoms with Crippen LogP contribution >= 0.6 is 0 Å². The molecule has 1 saturated heterocycles. The highest BCUT2D eigenvalue weighted by Gasteiger charge is 2.27. The predicted octanol–water partition coefficient (Wildman–Crippen LogP) is 2.66. The zero-order valence-corrected chi connectivity index (χ0v) is 17.3. The van der Waals surface area contributed by atoms with E-state index in [1.807, 2.05) is 23.4 Å². The van der Waals surface area contributed by atoms with Crippen molar-refractivity contribution in [3.63, 3.8) is 0 Å². The Balaban J connectivity index is 1.49. The Kier molecular flexibility index (Phi) is 6.83. The van der Waals surface area contributed by atoms with Gasteiger partial charge in [-0.1, -0.05) is 19.0 Å². The van der Waals surface area contributed by atoms with Gasteiger partial charge in [0.25, 0.3) is 5.91 Å². The van der Waals surface area contributed by atoms with E-state index in [4.69, 9.17) is 9.26 Å². The van der Waals surface area contributed by atoms with Crippen molar-refractivity contribution in [1.29, 1.82) is 0 Å². The van der Waals surface area contributed by atoms with Gasteiger partial charge in [-0.2, -0.15) is 10.1 Å². The average molecular weight is 390 g/mol. The number of nitrogens with zero attached hydrogens (tertiary/aromatic N) is 5. The summed E-state index contributed by atoms with van der Waals surface area (Å²) in [5.41, 5.74) is 1.61. The number of hydrogen-bond acceptors (Lipinski definition) is 6. The second kappa shape index (κ2) is 9.32. The van der Waals surface area contributed by atoms with Gasteiger partial charge in [-0.05, 0) is 32.6 Å². The van der Waals surface area contributed by atoms with Gasteiger partial charge >= 0.3 is 0 Å². The van der Waals surface area contributed by atoms with E-state index in [-0.39, 0.29) is 12.0 Å². The summed E-state index contributed by atoms with van der Waals surface area (Å²) >= 11 is 0. The lowest BCUT2D eigenvalue weighted by Crippen LogP contribution is -2.43. The van der Waals surface area contributed by atoms with Crippen LogP contribution in [0.5, 0.6) is 0 Å². The van der Waals surface area contributed by atoms with Gasteiger partial charge in [0.1, 0.15) is 0 Å². The molecule has 8 heteroatoms. The minimum absolute atomic E-state index is 0.0428. The van der Waals surface area contributed by atoms with E-state index in [1.54, 1.807) is 6.20 Å². The van der Waals surface area contributed by atoms with E-state index < -0.39 is 0 Å². The van der Waals surface area contributed by atoms with Crippen molar-refractivity contribution in [2.45, 2.75) is 66.0 Å². The van der Waals surface area contributed by atoms with E-state index in [2.05, 4.69) is 29.1 Å². The number of aromatic nitrogens is 4. The quantitative estimate of drug-likeness (QED) is 0.690. The maximum absolute atomic E-state index is 12.9. The minimum Gasteiger partial charge on any atom is -0.376 e. The Morgan fingerprint density at radius 2 is 2.25 bits per heavy atom. The lowest BCUT2D eigenvalue weighted by atomic mass is 10.1. The second-order valence-electron chi connectivity index (χ2n) is 7.80. The molecule has 28 heavy (non-hydrogen) atoms. The van der Waals surface area contributed by atoms with Crippen LogP contribution in [0.4, 0.5) is 0 Å². The van der Waals surface area contributed by atoms with Gasteiger partial charge in [0.15, 0.2) is 5.82 Å². The minimum atomic E-state index is 0.0428. The van der Waals surface area contributed by atoms with Crippen LogP contribution in [-0.2, 0) is 24.1 Å². The third-order valence-corrected chi connectivity index (χ3v) is 5.07. The number of rotatable bonds is 8. The summed E-state index contributed by atoms with van der Waals surface area (Å²) in [6.07, 6.45) is 5.04. The number of likely N-dealkylation sites (tertiary alicyclic amines) is 1. The summed E-state index contributed by atoms with van der Waals surface area (Å²) in [4.78, 5) is 19.2. The van der Waals surface area contributed by atoms with Crippen LogP contribution in [-0.4, -0.2) is 56.5 Å². The smallest absolute Gasteiger partial charge is 0.257 e. The molecule has 0 aliphatic carbocycles. The first kappa shape index (κ1) is 20.5. The summed E-state index contributed by atoms with van der Waals surface area (Å²) in [6.45, 7) is 10.9. The molecule has 2 aromatic heterocycles. The molecule has 8 nitrogen and oxygen atoms in total. The van der Waals surface area contributed by atoms with E-state index in [0.29, 0.717) is 42.8 Å². The molecule has 1 unspecified atom stereocenters. The van der Waals surface area contributed by atoms with Gasteiger partial charge in [-0.25, -0.2) is 0 Å². The fourth-order valence-electron chi connectivity index (χ4n) is 3.55. The summed E-state index contributed by atoms with van der Waals surface area (Å²) in [6, 6.07) is 0. The number of carbonyl (C=O) groups excluding carboxylic acids is 1. The molecule has 0 radical (unpaired) electrons. The molecular formula is C20H31N5O3.